The Morgan fingerprint density at radius 1 is 0.778 bits per heavy atom. The highest BCUT2D eigenvalue weighted by atomic mass is 19.1. The SMILES string of the molecule is COc1cc(C(CC(=O)NCc2ccccc2)c2cn(Cc3ccc(F)cc3)c3ccccc23)ccc1OCc1ccccc1. The summed E-state index contributed by atoms with van der Waals surface area (Å²) in [7, 11) is 1.63. The molecule has 0 radical (unpaired) electrons. The molecule has 6 heteroatoms. The van der Waals surface area contributed by atoms with E-state index in [0.717, 1.165) is 38.7 Å². The fourth-order valence-electron chi connectivity index (χ4n) is 5.69. The summed E-state index contributed by atoms with van der Waals surface area (Å²) in [5.74, 6) is 0.660. The van der Waals surface area contributed by atoms with Gasteiger partial charge in [-0.15, -0.1) is 0 Å². The zero-order valence-electron chi connectivity index (χ0n) is 25.2. The van der Waals surface area contributed by atoms with Crippen molar-refractivity contribution in [3.63, 3.8) is 0 Å². The highest BCUT2D eigenvalue weighted by Crippen LogP contribution is 2.39. The topological polar surface area (TPSA) is 52.5 Å². The van der Waals surface area contributed by atoms with E-state index in [1.807, 2.05) is 91.0 Å². The van der Waals surface area contributed by atoms with Gasteiger partial charge < -0.3 is 19.4 Å². The van der Waals surface area contributed by atoms with Crippen molar-refractivity contribution in [1.82, 2.24) is 9.88 Å². The molecule has 45 heavy (non-hydrogen) atoms. The lowest BCUT2D eigenvalue weighted by Crippen LogP contribution is -2.25. The molecule has 6 rings (SSSR count). The van der Waals surface area contributed by atoms with Crippen LogP contribution in [0.2, 0.25) is 0 Å². The van der Waals surface area contributed by atoms with Gasteiger partial charge >= 0.3 is 0 Å². The van der Waals surface area contributed by atoms with Crippen molar-refractivity contribution in [2.24, 2.45) is 0 Å². The average molecular weight is 599 g/mol. The number of methoxy groups -OCH3 is 1. The smallest absolute Gasteiger partial charge is 0.221 e. The van der Waals surface area contributed by atoms with Gasteiger partial charge in [0.15, 0.2) is 11.5 Å². The summed E-state index contributed by atoms with van der Waals surface area (Å²) in [5.41, 5.74) is 6.11. The number of nitrogens with zero attached hydrogens (tertiary/aromatic N) is 1. The Bertz CT molecular complexity index is 1870. The first-order chi connectivity index (χ1) is 22.1. The summed E-state index contributed by atoms with van der Waals surface area (Å²) in [6.07, 6.45) is 2.36. The number of hydrogen-bond donors (Lipinski definition) is 1. The van der Waals surface area contributed by atoms with Crippen LogP contribution in [0.25, 0.3) is 10.9 Å². The van der Waals surface area contributed by atoms with Gasteiger partial charge in [-0.3, -0.25) is 4.79 Å². The van der Waals surface area contributed by atoms with Gasteiger partial charge in [0.25, 0.3) is 0 Å². The van der Waals surface area contributed by atoms with E-state index in [1.54, 1.807) is 19.2 Å². The lowest BCUT2D eigenvalue weighted by Gasteiger charge is -2.20. The summed E-state index contributed by atoms with van der Waals surface area (Å²) >= 11 is 0. The minimum atomic E-state index is -0.266. The molecule has 5 nitrogen and oxygen atoms in total. The molecule has 0 aliphatic heterocycles. The van der Waals surface area contributed by atoms with Crippen LogP contribution in [-0.4, -0.2) is 17.6 Å². The van der Waals surface area contributed by atoms with Gasteiger partial charge in [0.05, 0.1) is 7.11 Å². The second kappa shape index (κ2) is 14.0. The zero-order valence-corrected chi connectivity index (χ0v) is 25.2. The Balaban J connectivity index is 1.35. The predicted octanol–water partition coefficient (Wildman–Crippen LogP) is 8.25. The lowest BCUT2D eigenvalue weighted by atomic mass is 9.87. The third-order valence-corrected chi connectivity index (χ3v) is 8.01. The second-order valence-electron chi connectivity index (χ2n) is 11.1. The largest absolute Gasteiger partial charge is 0.493 e. The van der Waals surface area contributed by atoms with Crippen LogP contribution in [0.5, 0.6) is 11.5 Å². The van der Waals surface area contributed by atoms with E-state index in [0.29, 0.717) is 31.2 Å². The Morgan fingerprint density at radius 3 is 2.20 bits per heavy atom. The van der Waals surface area contributed by atoms with Gasteiger partial charge in [0.1, 0.15) is 12.4 Å². The average Bonchev–Trinajstić information content (AvgIpc) is 3.45. The first-order valence-electron chi connectivity index (χ1n) is 15.0. The molecular formula is C39H35FN2O3. The molecule has 1 aromatic heterocycles. The van der Waals surface area contributed by atoms with Crippen molar-refractivity contribution in [3.8, 4) is 11.5 Å². The van der Waals surface area contributed by atoms with E-state index in [4.69, 9.17) is 9.47 Å². The molecular weight excluding hydrogens is 563 g/mol. The molecule has 1 unspecified atom stereocenters. The number of aromatic nitrogens is 1. The zero-order chi connectivity index (χ0) is 31.0. The first-order valence-corrected chi connectivity index (χ1v) is 15.0. The van der Waals surface area contributed by atoms with Gasteiger partial charge in [-0.05, 0) is 58.1 Å². The molecule has 0 bridgehead atoms. The van der Waals surface area contributed by atoms with Crippen LogP contribution in [0.15, 0.2) is 134 Å². The Kier molecular flexibility index (Phi) is 9.21. The number of ether oxygens (including phenoxy) is 2. The van der Waals surface area contributed by atoms with Gasteiger partial charge in [-0.2, -0.15) is 0 Å². The van der Waals surface area contributed by atoms with Gasteiger partial charge in [0.2, 0.25) is 5.91 Å². The maximum Gasteiger partial charge on any atom is 0.221 e. The van der Waals surface area contributed by atoms with Gasteiger partial charge in [0, 0.05) is 42.5 Å². The summed E-state index contributed by atoms with van der Waals surface area (Å²) in [6.45, 7) is 1.44. The highest BCUT2D eigenvalue weighted by molar-refractivity contribution is 5.87. The number of hydrogen-bond acceptors (Lipinski definition) is 3. The normalized spacial score (nSPS) is 11.7. The number of para-hydroxylation sites is 1. The van der Waals surface area contributed by atoms with Crippen LogP contribution in [0, 0.1) is 5.82 Å². The minimum absolute atomic E-state index is 0.0532. The van der Waals surface area contributed by atoms with Gasteiger partial charge in [-0.1, -0.05) is 97.1 Å². The molecule has 1 amide bonds. The predicted molar refractivity (Wildman–Crippen MR) is 176 cm³/mol. The van der Waals surface area contributed by atoms with Crippen molar-refractivity contribution in [2.75, 3.05) is 7.11 Å². The molecule has 1 atom stereocenters. The molecule has 0 aliphatic rings. The number of carbonyl (C=O) groups is 1. The van der Waals surface area contributed by atoms with Crippen molar-refractivity contribution in [2.45, 2.75) is 32.0 Å². The number of rotatable bonds is 12. The standard InChI is InChI=1S/C39H35FN2O3/c1-44-38-22-31(18-21-37(38)45-27-30-12-6-3-7-13-30)34(23-39(43)41-24-28-10-4-2-5-11-28)35-26-42(36-15-9-8-14-33(35)36)25-29-16-19-32(40)20-17-29/h2-22,26,34H,23-25,27H2,1H3,(H,41,43). The van der Waals surface area contributed by atoms with E-state index in [2.05, 4.69) is 28.2 Å². The third-order valence-electron chi connectivity index (χ3n) is 8.01. The molecule has 0 aliphatic carbocycles. The fraction of sp³-hybridized carbons (Fsp3) is 0.154. The van der Waals surface area contributed by atoms with Gasteiger partial charge in [-0.25, -0.2) is 4.39 Å². The molecule has 1 N–H and O–H groups in total. The lowest BCUT2D eigenvalue weighted by molar-refractivity contribution is -0.121. The Labute approximate surface area is 262 Å². The molecule has 0 fully saturated rings. The quantitative estimate of drug-likeness (QED) is 0.154. The molecule has 1 heterocycles. The highest BCUT2D eigenvalue weighted by Gasteiger charge is 2.24. The fourth-order valence-corrected chi connectivity index (χ4v) is 5.69. The summed E-state index contributed by atoms with van der Waals surface area (Å²) in [5, 5.41) is 4.17. The van der Waals surface area contributed by atoms with Crippen molar-refractivity contribution in [1.29, 1.82) is 0 Å². The first kappa shape index (κ1) is 29.7. The Morgan fingerprint density at radius 2 is 1.47 bits per heavy atom. The molecule has 0 saturated heterocycles. The summed E-state index contributed by atoms with van der Waals surface area (Å²) in [4.78, 5) is 13.5. The monoisotopic (exact) mass is 598 g/mol. The summed E-state index contributed by atoms with van der Waals surface area (Å²) < 4.78 is 27.7. The van der Waals surface area contributed by atoms with E-state index in [-0.39, 0.29) is 24.1 Å². The number of benzene rings is 5. The number of amides is 1. The van der Waals surface area contributed by atoms with Crippen LogP contribution in [0.3, 0.4) is 0 Å². The van der Waals surface area contributed by atoms with Crippen LogP contribution in [0.4, 0.5) is 4.39 Å². The van der Waals surface area contributed by atoms with E-state index in [1.165, 1.54) is 12.1 Å². The van der Waals surface area contributed by atoms with Crippen LogP contribution in [-0.2, 0) is 24.5 Å². The van der Waals surface area contributed by atoms with Crippen molar-refractivity contribution in [3.05, 3.63) is 167 Å². The molecule has 0 saturated carbocycles. The summed E-state index contributed by atoms with van der Waals surface area (Å²) in [6, 6.07) is 40.6. The second-order valence-corrected chi connectivity index (χ2v) is 11.1. The number of carbonyl (C=O) groups excluding carboxylic acids is 1. The maximum atomic E-state index is 13.6. The van der Waals surface area contributed by atoms with E-state index >= 15 is 0 Å². The van der Waals surface area contributed by atoms with E-state index in [9.17, 15) is 9.18 Å². The minimum Gasteiger partial charge on any atom is -0.493 e. The maximum absolute atomic E-state index is 13.6. The van der Waals surface area contributed by atoms with Crippen molar-refractivity contribution < 1.29 is 18.7 Å². The van der Waals surface area contributed by atoms with Crippen LogP contribution in [0.1, 0.15) is 40.2 Å². The third kappa shape index (κ3) is 7.24. The molecule has 0 spiro atoms. The molecule has 5 aromatic carbocycles. The van der Waals surface area contributed by atoms with Crippen LogP contribution < -0.4 is 14.8 Å². The van der Waals surface area contributed by atoms with E-state index < -0.39 is 0 Å². The number of nitrogens with one attached hydrogen (secondary N) is 1. The number of fused-ring (bicyclic) bond motifs is 1. The Hall–Kier alpha value is -5.36. The van der Waals surface area contributed by atoms with Crippen LogP contribution >= 0.6 is 0 Å². The number of halogens is 1. The van der Waals surface area contributed by atoms with Crippen molar-refractivity contribution >= 4 is 16.8 Å². The molecule has 226 valence electrons. The molecule has 6 aromatic rings.